The Morgan fingerprint density at radius 3 is 2.92 bits per heavy atom. The number of hydrogen-bond donors (Lipinski definition) is 0. The van der Waals surface area contributed by atoms with E-state index < -0.39 is 0 Å². The summed E-state index contributed by atoms with van der Waals surface area (Å²) < 4.78 is 5.33. The molecule has 0 fully saturated rings. The van der Waals surface area contributed by atoms with Crippen molar-refractivity contribution >= 4 is 45.8 Å². The van der Waals surface area contributed by atoms with Gasteiger partial charge >= 0.3 is 0 Å². The molecule has 2 aromatic rings. The molecule has 1 heterocycles. The number of fused-ring (bicyclic) bond motifs is 1. The minimum Gasteiger partial charge on any atom is -0.495 e. The lowest BCUT2D eigenvalue weighted by Gasteiger charge is -2.17. The van der Waals surface area contributed by atoms with Crippen LogP contribution in [0.4, 0.5) is 5.00 Å². The maximum absolute atomic E-state index is 9.53. The second-order valence-corrected chi connectivity index (χ2v) is 7.84. The van der Waals surface area contributed by atoms with Crippen LogP contribution in [0.1, 0.15) is 34.9 Å². The molecule has 1 unspecified atom stereocenters. The quantitative estimate of drug-likeness (QED) is 0.632. The van der Waals surface area contributed by atoms with Crippen LogP contribution in [0.5, 0.6) is 5.75 Å². The second kappa shape index (κ2) is 7.14. The summed E-state index contributed by atoms with van der Waals surface area (Å²) >= 11 is 13.8. The van der Waals surface area contributed by atoms with E-state index in [2.05, 4.69) is 18.0 Å². The van der Waals surface area contributed by atoms with Crippen molar-refractivity contribution in [2.45, 2.75) is 26.2 Å². The molecular weight excluding hydrogens is 363 g/mol. The summed E-state index contributed by atoms with van der Waals surface area (Å²) in [5.41, 5.74) is 2.56. The highest BCUT2D eigenvalue weighted by Crippen LogP contribution is 2.41. The number of ether oxygens (including phenoxy) is 1. The van der Waals surface area contributed by atoms with E-state index in [0.717, 1.165) is 24.3 Å². The van der Waals surface area contributed by atoms with Crippen LogP contribution in [-0.4, -0.2) is 13.3 Å². The minimum atomic E-state index is 0.436. The van der Waals surface area contributed by atoms with Gasteiger partial charge in [-0.1, -0.05) is 30.1 Å². The van der Waals surface area contributed by atoms with Gasteiger partial charge in [0.2, 0.25) is 0 Å². The number of aliphatic imine (C=N–C) groups is 1. The largest absolute Gasteiger partial charge is 0.495 e. The highest BCUT2D eigenvalue weighted by Gasteiger charge is 2.23. The third kappa shape index (κ3) is 3.30. The Hall–Kier alpha value is -1.54. The summed E-state index contributed by atoms with van der Waals surface area (Å²) in [5.74, 6) is 1.18. The number of nitrogens with zero attached hydrogens (tertiary/aromatic N) is 2. The first-order chi connectivity index (χ1) is 11.5. The normalized spacial score (nSPS) is 16.9. The number of nitriles is 1. The smallest absolute Gasteiger partial charge is 0.146 e. The van der Waals surface area contributed by atoms with E-state index in [1.165, 1.54) is 10.4 Å². The molecule has 24 heavy (non-hydrogen) atoms. The molecule has 1 aliphatic carbocycles. The van der Waals surface area contributed by atoms with Crippen LogP contribution in [0.25, 0.3) is 0 Å². The lowest BCUT2D eigenvalue weighted by atomic mass is 9.89. The van der Waals surface area contributed by atoms with Crippen molar-refractivity contribution in [2.75, 3.05) is 7.11 Å². The molecule has 0 saturated heterocycles. The fraction of sp³-hybridized carbons (Fsp3) is 0.333. The summed E-state index contributed by atoms with van der Waals surface area (Å²) in [6.07, 6.45) is 4.77. The van der Waals surface area contributed by atoms with E-state index in [0.29, 0.717) is 32.8 Å². The van der Waals surface area contributed by atoms with Gasteiger partial charge in [0.15, 0.2) is 0 Å². The zero-order valence-electron chi connectivity index (χ0n) is 13.4. The molecule has 1 atom stereocenters. The second-order valence-electron chi connectivity index (χ2n) is 5.91. The predicted octanol–water partition coefficient (Wildman–Crippen LogP) is 5.81. The Bertz CT molecular complexity index is 852. The molecule has 0 aliphatic heterocycles. The SMILES string of the molecule is COc1c(Cl)cc(Cl)cc1C=Nc1sc2c(c1C#N)CCC(C)C2. The molecule has 6 heteroatoms. The van der Waals surface area contributed by atoms with Crippen LogP contribution in [0.2, 0.25) is 10.0 Å². The van der Waals surface area contributed by atoms with E-state index in [1.807, 2.05) is 0 Å². The molecule has 124 valence electrons. The van der Waals surface area contributed by atoms with Crippen molar-refractivity contribution in [2.24, 2.45) is 10.9 Å². The number of halogens is 2. The number of benzene rings is 1. The topological polar surface area (TPSA) is 45.4 Å². The molecule has 1 aromatic carbocycles. The lowest BCUT2D eigenvalue weighted by molar-refractivity contribution is 0.414. The maximum atomic E-state index is 9.53. The number of hydrogen-bond acceptors (Lipinski definition) is 4. The molecule has 1 aliphatic rings. The molecule has 0 N–H and O–H groups in total. The van der Waals surface area contributed by atoms with E-state index >= 15 is 0 Å². The Balaban J connectivity index is 2.01. The summed E-state index contributed by atoms with van der Waals surface area (Å²) in [6, 6.07) is 5.70. The standard InChI is InChI=1S/C18H16Cl2N2OS/c1-10-3-4-13-14(8-21)18(24-16(13)5-10)22-9-11-6-12(19)7-15(20)17(11)23-2/h6-7,9-10H,3-5H2,1-2H3. The molecule has 0 spiro atoms. The van der Waals surface area contributed by atoms with E-state index in [1.54, 1.807) is 36.8 Å². The van der Waals surface area contributed by atoms with Gasteiger partial charge in [-0.2, -0.15) is 5.26 Å². The Kier molecular flexibility index (Phi) is 5.15. The van der Waals surface area contributed by atoms with Gasteiger partial charge in [0.25, 0.3) is 0 Å². The molecule has 0 radical (unpaired) electrons. The van der Waals surface area contributed by atoms with Crippen molar-refractivity contribution in [1.29, 1.82) is 5.26 Å². The predicted molar refractivity (Wildman–Crippen MR) is 100 cm³/mol. The Morgan fingerprint density at radius 2 is 2.21 bits per heavy atom. The Morgan fingerprint density at radius 1 is 1.42 bits per heavy atom. The van der Waals surface area contributed by atoms with Crippen molar-refractivity contribution in [3.8, 4) is 11.8 Å². The van der Waals surface area contributed by atoms with Gasteiger partial charge in [0, 0.05) is 21.7 Å². The van der Waals surface area contributed by atoms with Crippen LogP contribution in [-0.2, 0) is 12.8 Å². The fourth-order valence-corrected chi connectivity index (χ4v) is 4.85. The maximum Gasteiger partial charge on any atom is 0.146 e. The van der Waals surface area contributed by atoms with E-state index in [9.17, 15) is 5.26 Å². The van der Waals surface area contributed by atoms with Crippen molar-refractivity contribution in [3.05, 3.63) is 43.7 Å². The monoisotopic (exact) mass is 378 g/mol. The summed E-state index contributed by atoms with van der Waals surface area (Å²) in [5, 5.41) is 11.2. The molecule has 0 bridgehead atoms. The van der Waals surface area contributed by atoms with Gasteiger partial charge in [-0.3, -0.25) is 0 Å². The van der Waals surface area contributed by atoms with Gasteiger partial charge in [0.05, 0.1) is 17.7 Å². The van der Waals surface area contributed by atoms with E-state index in [4.69, 9.17) is 27.9 Å². The van der Waals surface area contributed by atoms with Gasteiger partial charge in [-0.05, 0) is 42.9 Å². The van der Waals surface area contributed by atoms with Crippen LogP contribution in [0.15, 0.2) is 17.1 Å². The van der Waals surface area contributed by atoms with Crippen molar-refractivity contribution < 1.29 is 4.74 Å². The van der Waals surface area contributed by atoms with Crippen LogP contribution in [0, 0.1) is 17.2 Å². The number of thiophene rings is 1. The number of methoxy groups -OCH3 is 1. The summed E-state index contributed by atoms with van der Waals surface area (Å²) in [7, 11) is 1.55. The summed E-state index contributed by atoms with van der Waals surface area (Å²) in [6.45, 7) is 2.25. The average molecular weight is 379 g/mol. The zero-order valence-corrected chi connectivity index (χ0v) is 15.7. The minimum absolute atomic E-state index is 0.436. The fourth-order valence-electron chi connectivity index (χ4n) is 2.96. The molecular formula is C18H16Cl2N2OS. The van der Waals surface area contributed by atoms with Crippen LogP contribution >= 0.6 is 34.5 Å². The zero-order chi connectivity index (χ0) is 17.3. The third-order valence-electron chi connectivity index (χ3n) is 4.17. The van der Waals surface area contributed by atoms with Crippen LogP contribution < -0.4 is 4.74 Å². The molecule has 3 rings (SSSR count). The first-order valence-corrected chi connectivity index (χ1v) is 9.22. The summed E-state index contributed by atoms with van der Waals surface area (Å²) in [4.78, 5) is 5.83. The molecule has 0 amide bonds. The third-order valence-corrected chi connectivity index (χ3v) is 5.83. The first-order valence-electron chi connectivity index (χ1n) is 7.65. The highest BCUT2D eigenvalue weighted by atomic mass is 35.5. The van der Waals surface area contributed by atoms with E-state index in [-0.39, 0.29) is 0 Å². The lowest BCUT2D eigenvalue weighted by Crippen LogP contribution is -2.09. The van der Waals surface area contributed by atoms with Gasteiger partial charge in [-0.25, -0.2) is 4.99 Å². The van der Waals surface area contributed by atoms with Gasteiger partial charge < -0.3 is 4.74 Å². The number of rotatable bonds is 3. The van der Waals surface area contributed by atoms with Gasteiger partial charge in [-0.15, -0.1) is 11.3 Å². The van der Waals surface area contributed by atoms with Crippen molar-refractivity contribution in [1.82, 2.24) is 0 Å². The molecule has 0 saturated carbocycles. The van der Waals surface area contributed by atoms with Gasteiger partial charge in [0.1, 0.15) is 16.8 Å². The first kappa shape index (κ1) is 17.3. The Labute approximate surface area is 155 Å². The highest BCUT2D eigenvalue weighted by molar-refractivity contribution is 7.16. The van der Waals surface area contributed by atoms with Crippen molar-refractivity contribution in [3.63, 3.8) is 0 Å². The molecule has 1 aromatic heterocycles. The van der Waals surface area contributed by atoms with Crippen LogP contribution in [0.3, 0.4) is 0 Å². The average Bonchev–Trinajstić information content (AvgIpc) is 2.88. The molecule has 3 nitrogen and oxygen atoms in total.